The second-order valence-electron chi connectivity index (χ2n) is 17.1. The van der Waals surface area contributed by atoms with Crippen molar-refractivity contribution in [2.75, 3.05) is 25.7 Å². The number of ether oxygens (including phenoxy) is 7. The number of nitrogens with one attached hydrogen (secondary N) is 1. The smallest absolute Gasteiger partial charge is 0.355 e. The van der Waals surface area contributed by atoms with Crippen LogP contribution in [0.5, 0.6) is 17.2 Å². The van der Waals surface area contributed by atoms with E-state index in [2.05, 4.69) is 5.32 Å². The van der Waals surface area contributed by atoms with Crippen LogP contribution in [0.4, 0.5) is 15.3 Å². The average molecular weight is 1250 g/mol. The van der Waals surface area contributed by atoms with Crippen molar-refractivity contribution in [3.63, 3.8) is 0 Å². The first-order chi connectivity index (χ1) is 34.5. The molecule has 2 amide bonds. The van der Waals surface area contributed by atoms with Gasteiger partial charge in [0.1, 0.15) is 6.61 Å². The molecule has 6 heterocycles. The standard InChI is InChI=1S/C42H38B4I2N4O18S2/c1-3-42(22-10-25-31-20(12-52(25)36(57)21(22)15-63-39(42)59)30(18-5-6-18)19-9-27-28(66-16-65-27)11-23(19)50-31)69-41(61)64-14-17-4-7-26(24(8-17)49-29(53)13-51(2)40(60)70-46(47)45-71)67-38-34(56)32(54)33(55)35(68-38)37(58)72(48)44-43-62/h4,7-11,18,32-35,38,54-56H,3,5-6,12-16H2,1-2H3,(H,49,53)/t32-,33-,34?,35?,38+,42-,72?/m0/s1. The van der Waals surface area contributed by atoms with Gasteiger partial charge in [-0.2, -0.15) is 0 Å². The second kappa shape index (κ2) is 21.3. The van der Waals surface area contributed by atoms with E-state index in [0.717, 1.165) is 40.3 Å². The summed E-state index contributed by atoms with van der Waals surface area (Å²) in [5.41, 5.74) is 1.22. The van der Waals surface area contributed by atoms with Gasteiger partial charge in [0.25, 0.3) is 5.56 Å². The van der Waals surface area contributed by atoms with Crippen molar-refractivity contribution < 1.29 is 81.8 Å². The number of nitrogens with zero attached hydrogens (tertiary/aromatic N) is 3. The van der Waals surface area contributed by atoms with Crippen LogP contribution < -0.4 is 25.1 Å². The molecule has 3 unspecified atom stereocenters. The van der Waals surface area contributed by atoms with Crippen LogP contribution in [0.1, 0.15) is 59.9 Å². The van der Waals surface area contributed by atoms with Gasteiger partial charge in [-0.25, -0.2) is 14.6 Å². The Labute approximate surface area is 443 Å². The average Bonchev–Trinajstić information content (AvgIpc) is 3.98. The first-order valence-corrected chi connectivity index (χ1v) is 27.6. The molecule has 7 atom stereocenters. The maximum Gasteiger partial charge on any atom is 0.355 e. The normalized spacial score (nSPS) is 22.7. The molecule has 72 heavy (non-hydrogen) atoms. The van der Waals surface area contributed by atoms with Gasteiger partial charge in [0.15, 0.2) is 11.5 Å². The summed E-state index contributed by atoms with van der Waals surface area (Å²) < 4.78 is 56.8. The molecule has 9 rings (SSSR count). The first-order valence-electron chi connectivity index (χ1n) is 22.1. The number of rotatable bonds is 14. The second-order valence-corrected chi connectivity index (χ2v) is 22.6. The number of fused-ring (bicyclic) bond motifs is 6. The van der Waals surface area contributed by atoms with Crippen molar-refractivity contribution in [1.29, 1.82) is 0 Å². The molecule has 30 heteroatoms. The van der Waals surface area contributed by atoms with E-state index >= 15 is 0 Å². The molecule has 2 aromatic heterocycles. The summed E-state index contributed by atoms with van der Waals surface area (Å²) in [6.07, 6.45) is -9.89. The number of hydrogen-bond donors (Lipinski definition) is 4. The number of likely N-dealkylation sites (N-methyl/N-ethyl adjacent to an activating group) is 1. The van der Waals surface area contributed by atoms with Gasteiger partial charge in [0.05, 0.1) is 29.0 Å². The molecule has 4 N–H and O–H groups in total. The van der Waals surface area contributed by atoms with Gasteiger partial charge in [-0.3, -0.25) is 4.79 Å². The molecule has 372 valence electrons. The van der Waals surface area contributed by atoms with Crippen molar-refractivity contribution in [1.82, 2.24) is 14.5 Å². The minimum Gasteiger partial charge on any atom is -0.457 e. The Balaban J connectivity index is 0.981. The monoisotopic (exact) mass is 1250 g/mol. The summed E-state index contributed by atoms with van der Waals surface area (Å²) in [5, 5.41) is 34.9. The molecule has 0 radical (unpaired) electrons. The number of cyclic esters (lactones) is 1. The number of aliphatic hydroxyl groups is 3. The van der Waals surface area contributed by atoms with E-state index in [0.29, 0.717) is 35.4 Å². The number of esters is 1. The van der Waals surface area contributed by atoms with Gasteiger partial charge in [0, 0.05) is 22.6 Å². The minimum absolute atomic E-state index is 0.0818. The Bertz CT molecular complexity index is 3080. The summed E-state index contributed by atoms with van der Waals surface area (Å²) >= 11 is 8.22. The van der Waals surface area contributed by atoms with Crippen LogP contribution in [0.2, 0.25) is 0 Å². The molecule has 0 bridgehead atoms. The van der Waals surface area contributed by atoms with Crippen LogP contribution in [0.25, 0.3) is 22.3 Å². The summed E-state index contributed by atoms with van der Waals surface area (Å²) in [6, 6.07) is 11.5. The van der Waals surface area contributed by atoms with Crippen molar-refractivity contribution in [3.05, 3.63) is 74.6 Å². The Morgan fingerprint density at radius 1 is 1.06 bits per heavy atom. The minimum atomic E-state index is -2.13. The van der Waals surface area contributed by atoms with Crippen LogP contribution in [-0.2, 0) is 68.0 Å². The van der Waals surface area contributed by atoms with Gasteiger partial charge in [-0.1, -0.05) is 6.92 Å². The molecular formula is C42H38B4I2N4O18S2. The largest absolute Gasteiger partial charge is 0.457 e. The van der Waals surface area contributed by atoms with E-state index in [1.807, 2.05) is 6.07 Å². The first kappa shape index (κ1) is 52.2. The molecule has 1 saturated carbocycles. The van der Waals surface area contributed by atoms with Crippen molar-refractivity contribution >= 4 is 133 Å². The number of halogens is 2. The summed E-state index contributed by atoms with van der Waals surface area (Å²) in [5.74, 6) is -0.571. The summed E-state index contributed by atoms with van der Waals surface area (Å²) in [6.45, 7) is 0.382. The third-order valence-electron chi connectivity index (χ3n) is 12.5. The fourth-order valence-corrected chi connectivity index (χ4v) is 10.9. The van der Waals surface area contributed by atoms with Gasteiger partial charge < -0.3 is 23.5 Å². The van der Waals surface area contributed by atoms with E-state index in [1.165, 1.54) is 31.3 Å². The van der Waals surface area contributed by atoms with Crippen molar-refractivity contribution in [2.45, 2.75) is 88.2 Å². The molecule has 4 aromatic rings. The number of carbonyl (C=O) groups excluding carboxylic acids is 5. The number of benzene rings is 2. The van der Waals surface area contributed by atoms with Crippen LogP contribution in [0.15, 0.2) is 41.2 Å². The Morgan fingerprint density at radius 2 is 1.81 bits per heavy atom. The van der Waals surface area contributed by atoms with Crippen LogP contribution in [0.3, 0.4) is 0 Å². The van der Waals surface area contributed by atoms with Gasteiger partial charge in [0.2, 0.25) is 12.4 Å². The predicted octanol–water partition coefficient (Wildman–Crippen LogP) is 3.21. The van der Waals surface area contributed by atoms with E-state index in [9.17, 15) is 48.8 Å². The van der Waals surface area contributed by atoms with E-state index in [1.54, 1.807) is 67.2 Å². The number of carbonyl (C=O) groups is 5. The van der Waals surface area contributed by atoms with E-state index in [4.69, 9.17) is 54.9 Å². The molecule has 5 aliphatic rings. The quantitative estimate of drug-likeness (QED) is 0.0705. The molecule has 2 fully saturated rings. The zero-order valence-corrected chi connectivity index (χ0v) is 43.7. The maximum absolute atomic E-state index is 14.4. The Morgan fingerprint density at radius 3 is 2.51 bits per heavy atom. The van der Waals surface area contributed by atoms with E-state index < -0.39 is 96.4 Å². The number of anilines is 1. The van der Waals surface area contributed by atoms with Crippen molar-refractivity contribution in [3.8, 4) is 28.6 Å². The number of amides is 2. The third-order valence-corrected chi connectivity index (χ3v) is 17.0. The molecule has 0 spiro atoms. The maximum atomic E-state index is 14.4. The molecule has 1 aliphatic carbocycles. The molecule has 4 aliphatic heterocycles. The van der Waals surface area contributed by atoms with E-state index in [-0.39, 0.29) is 60.4 Å². The Hall–Kier alpha value is -4.72. The third kappa shape index (κ3) is 9.99. The van der Waals surface area contributed by atoms with Gasteiger partial charge in [-0.15, -0.1) is 0 Å². The summed E-state index contributed by atoms with van der Waals surface area (Å²) in [7, 11) is 0.274. The molecule has 2 aromatic carbocycles. The van der Waals surface area contributed by atoms with Crippen LogP contribution in [-0.4, -0.2) is 134 Å². The number of pyridine rings is 2. The topological polar surface area (TPSA) is 287 Å². The number of aliphatic hydroxyl groups excluding tert-OH is 3. The zero-order chi connectivity index (χ0) is 51.3. The molecule has 1 saturated heterocycles. The SMILES string of the molecule is CC[C@@]1(OC(=O)OCc2ccc(O[C@@H]3OC(C(=O)S(I)=BB=O)[C@@H](O)[C@H](O)C3O)c(NC(=O)CN(C)C(=O)OB(I)B=S)c2)C(=O)OCc2c1cc1n(c2=O)Cc2c-1nc1cc3c(cc1c2C1CC1)OCO3. The van der Waals surface area contributed by atoms with Gasteiger partial charge in [-0.05, 0) is 42.9 Å². The predicted molar refractivity (Wildman–Crippen MR) is 275 cm³/mol. The van der Waals surface area contributed by atoms with Gasteiger partial charge >= 0.3 is 266 Å². The Kier molecular flexibility index (Phi) is 15.4. The van der Waals surface area contributed by atoms with Crippen LogP contribution in [0, 0.1) is 0 Å². The fourth-order valence-electron chi connectivity index (χ4n) is 8.85. The molecule has 22 nitrogen and oxygen atoms in total. The van der Waals surface area contributed by atoms with Crippen LogP contribution >= 0.6 is 63.1 Å². The fraction of sp³-hybridized carbons (Fsp3) is 0.405. The van der Waals surface area contributed by atoms with Crippen molar-refractivity contribution in [2.24, 2.45) is 0 Å². The molecular weight excluding hydrogens is 1210 g/mol. The summed E-state index contributed by atoms with van der Waals surface area (Å²) in [4.78, 5) is 87.0. The zero-order valence-electron chi connectivity index (χ0n) is 37.8. The number of hydrogen-bond acceptors (Lipinski definition) is 20. The number of aromatic nitrogens is 2.